The number of nitrogens with zero attached hydrogens (tertiary/aromatic N) is 3. The molecule has 0 saturated carbocycles. The number of pyridine rings is 1. The van der Waals surface area contributed by atoms with E-state index >= 15 is 0 Å². The van der Waals surface area contributed by atoms with Crippen molar-refractivity contribution in [2.24, 2.45) is 7.05 Å². The van der Waals surface area contributed by atoms with Gasteiger partial charge in [-0.3, -0.25) is 4.79 Å². The van der Waals surface area contributed by atoms with E-state index in [1.54, 1.807) is 60.0 Å². The smallest absolute Gasteiger partial charge is 0.268 e. The van der Waals surface area contributed by atoms with Crippen molar-refractivity contribution in [1.29, 1.82) is 0 Å². The Morgan fingerprint density at radius 3 is 2.38 bits per heavy atom. The number of hydrogen-bond donors (Lipinski definition) is 1. The highest BCUT2D eigenvalue weighted by molar-refractivity contribution is 7.22. The number of aryl methyl sites for hydroxylation is 4. The monoisotopic (exact) mass is 519 g/mol. The standard InChI is InChI=1S/C28H26FN3O4S/c1-14-9-18(29)10-15(2)24(14)36-22-8-7-17(28(4,5)34)11-19(22)21-13-32(6)27(33)25-20(21)12-23(37-25)26-31-30-16(3)35-26/h7-13,34H,1-6H3. The Bertz CT molecular complexity index is 1700. The van der Waals surface area contributed by atoms with Crippen molar-refractivity contribution < 1.29 is 18.7 Å². The second kappa shape index (κ2) is 8.93. The lowest BCUT2D eigenvalue weighted by atomic mass is 9.93. The van der Waals surface area contributed by atoms with Gasteiger partial charge in [-0.2, -0.15) is 0 Å². The molecular formula is C28H26FN3O4S. The van der Waals surface area contributed by atoms with Crippen molar-refractivity contribution in [3.05, 3.63) is 81.3 Å². The predicted molar refractivity (Wildman–Crippen MR) is 142 cm³/mol. The van der Waals surface area contributed by atoms with E-state index in [1.807, 2.05) is 12.1 Å². The first-order chi connectivity index (χ1) is 17.4. The summed E-state index contributed by atoms with van der Waals surface area (Å²) in [5.41, 5.74) is 2.12. The Balaban J connectivity index is 1.77. The molecule has 3 heterocycles. The summed E-state index contributed by atoms with van der Waals surface area (Å²) in [5.74, 6) is 1.49. The fraction of sp³-hybridized carbons (Fsp3) is 0.250. The van der Waals surface area contributed by atoms with E-state index in [-0.39, 0.29) is 11.4 Å². The maximum Gasteiger partial charge on any atom is 0.268 e. The lowest BCUT2D eigenvalue weighted by Gasteiger charge is -2.22. The average molecular weight is 520 g/mol. The molecule has 0 aliphatic carbocycles. The molecule has 1 N–H and O–H groups in total. The Hall–Kier alpha value is -3.82. The van der Waals surface area contributed by atoms with Crippen LogP contribution in [0.4, 0.5) is 4.39 Å². The van der Waals surface area contributed by atoms with Gasteiger partial charge >= 0.3 is 0 Å². The van der Waals surface area contributed by atoms with Crippen LogP contribution in [0.3, 0.4) is 0 Å². The molecule has 0 amide bonds. The number of halogens is 1. The lowest BCUT2D eigenvalue weighted by molar-refractivity contribution is 0.0786. The van der Waals surface area contributed by atoms with Crippen LogP contribution in [0, 0.1) is 26.6 Å². The van der Waals surface area contributed by atoms with Gasteiger partial charge in [0.05, 0.1) is 10.5 Å². The number of aliphatic hydroxyl groups is 1. The fourth-order valence-electron chi connectivity index (χ4n) is 4.33. The fourth-order valence-corrected chi connectivity index (χ4v) is 5.40. The second-order valence-electron chi connectivity index (χ2n) is 9.68. The largest absolute Gasteiger partial charge is 0.456 e. The van der Waals surface area contributed by atoms with Gasteiger partial charge in [0.1, 0.15) is 22.0 Å². The Morgan fingerprint density at radius 2 is 1.76 bits per heavy atom. The SMILES string of the molecule is Cc1nnc(-c2cc3c(-c4cc(C(C)(C)O)ccc4Oc4c(C)cc(F)cc4C)cn(C)c(=O)c3s2)o1. The third-order valence-electron chi connectivity index (χ3n) is 6.21. The summed E-state index contributed by atoms with van der Waals surface area (Å²) in [4.78, 5) is 13.8. The van der Waals surface area contributed by atoms with E-state index in [9.17, 15) is 14.3 Å². The molecule has 0 unspecified atom stereocenters. The molecule has 9 heteroatoms. The number of thiophene rings is 1. The first-order valence-electron chi connectivity index (χ1n) is 11.7. The van der Waals surface area contributed by atoms with Gasteiger partial charge in [-0.15, -0.1) is 21.5 Å². The van der Waals surface area contributed by atoms with E-state index in [1.165, 1.54) is 28.0 Å². The normalized spacial score (nSPS) is 11.9. The third kappa shape index (κ3) is 4.56. The van der Waals surface area contributed by atoms with Gasteiger partial charge in [-0.25, -0.2) is 4.39 Å². The van der Waals surface area contributed by atoms with Crippen molar-refractivity contribution in [2.75, 3.05) is 0 Å². The van der Waals surface area contributed by atoms with Crippen LogP contribution in [0.25, 0.3) is 32.0 Å². The summed E-state index contributed by atoms with van der Waals surface area (Å²) >= 11 is 1.28. The van der Waals surface area contributed by atoms with E-state index in [4.69, 9.17) is 9.15 Å². The molecule has 37 heavy (non-hydrogen) atoms. The first-order valence-corrected chi connectivity index (χ1v) is 12.5. The minimum absolute atomic E-state index is 0.155. The number of rotatable bonds is 5. The van der Waals surface area contributed by atoms with Gasteiger partial charge in [0.25, 0.3) is 11.4 Å². The van der Waals surface area contributed by atoms with Crippen LogP contribution in [-0.4, -0.2) is 19.9 Å². The van der Waals surface area contributed by atoms with Gasteiger partial charge in [0.2, 0.25) is 5.89 Å². The zero-order chi connectivity index (χ0) is 26.6. The maximum atomic E-state index is 13.9. The predicted octanol–water partition coefficient (Wildman–Crippen LogP) is 6.40. The third-order valence-corrected chi connectivity index (χ3v) is 7.32. The minimum Gasteiger partial charge on any atom is -0.456 e. The van der Waals surface area contributed by atoms with Crippen molar-refractivity contribution in [1.82, 2.24) is 14.8 Å². The molecule has 190 valence electrons. The molecule has 0 saturated heterocycles. The van der Waals surface area contributed by atoms with Crippen LogP contribution < -0.4 is 10.3 Å². The van der Waals surface area contributed by atoms with Crippen molar-refractivity contribution in [2.45, 2.75) is 40.2 Å². The molecule has 0 aliphatic rings. The molecular weight excluding hydrogens is 493 g/mol. The Labute approximate surface area is 216 Å². The average Bonchev–Trinajstić information content (AvgIpc) is 3.45. The maximum absolute atomic E-state index is 13.9. The van der Waals surface area contributed by atoms with E-state index in [0.29, 0.717) is 60.5 Å². The van der Waals surface area contributed by atoms with Crippen LogP contribution >= 0.6 is 11.3 Å². The van der Waals surface area contributed by atoms with Crippen LogP contribution in [0.2, 0.25) is 0 Å². The lowest BCUT2D eigenvalue weighted by Crippen LogP contribution is -2.16. The molecule has 2 aromatic carbocycles. The summed E-state index contributed by atoms with van der Waals surface area (Å²) in [6.07, 6.45) is 1.75. The molecule has 0 fully saturated rings. The minimum atomic E-state index is -1.12. The van der Waals surface area contributed by atoms with Gasteiger partial charge in [-0.1, -0.05) is 6.07 Å². The molecule has 7 nitrogen and oxygen atoms in total. The van der Waals surface area contributed by atoms with Gasteiger partial charge < -0.3 is 18.8 Å². The molecule has 3 aromatic heterocycles. The second-order valence-corrected chi connectivity index (χ2v) is 10.7. The summed E-state index contributed by atoms with van der Waals surface area (Å²) in [6, 6.07) is 10.2. The molecule has 0 spiro atoms. The van der Waals surface area contributed by atoms with Gasteiger partial charge in [0.15, 0.2) is 0 Å². The van der Waals surface area contributed by atoms with Crippen molar-refractivity contribution >= 4 is 21.4 Å². The highest BCUT2D eigenvalue weighted by Crippen LogP contribution is 2.43. The summed E-state index contributed by atoms with van der Waals surface area (Å²) in [5, 5.41) is 19.5. The molecule has 5 rings (SSSR count). The van der Waals surface area contributed by atoms with E-state index < -0.39 is 5.60 Å². The summed E-state index contributed by atoms with van der Waals surface area (Å²) in [6.45, 7) is 8.70. The molecule has 0 radical (unpaired) electrons. The van der Waals surface area contributed by atoms with Crippen molar-refractivity contribution in [3.63, 3.8) is 0 Å². The summed E-state index contributed by atoms with van der Waals surface area (Å²) in [7, 11) is 1.69. The zero-order valence-electron chi connectivity index (χ0n) is 21.3. The highest BCUT2D eigenvalue weighted by Gasteiger charge is 2.23. The summed E-state index contributed by atoms with van der Waals surface area (Å²) < 4.78 is 28.0. The van der Waals surface area contributed by atoms with Gasteiger partial charge in [0, 0.05) is 36.7 Å². The Morgan fingerprint density at radius 1 is 1.05 bits per heavy atom. The van der Waals surface area contributed by atoms with Crippen molar-refractivity contribution in [3.8, 4) is 33.4 Å². The highest BCUT2D eigenvalue weighted by atomic mass is 32.1. The van der Waals surface area contributed by atoms with Crippen LogP contribution in [0.5, 0.6) is 11.5 Å². The van der Waals surface area contributed by atoms with Crippen LogP contribution in [0.15, 0.2) is 51.8 Å². The topological polar surface area (TPSA) is 90.4 Å². The zero-order valence-corrected chi connectivity index (χ0v) is 22.2. The molecule has 5 aromatic rings. The Kier molecular flexibility index (Phi) is 6.00. The molecule has 0 atom stereocenters. The first kappa shape index (κ1) is 24.9. The molecule has 0 bridgehead atoms. The van der Waals surface area contributed by atoms with Gasteiger partial charge in [-0.05, 0) is 74.7 Å². The number of benzene rings is 2. The number of fused-ring (bicyclic) bond motifs is 1. The molecule has 0 aliphatic heterocycles. The van der Waals surface area contributed by atoms with Crippen LogP contribution in [0.1, 0.15) is 36.4 Å². The quantitative estimate of drug-likeness (QED) is 0.289. The van der Waals surface area contributed by atoms with E-state index in [0.717, 1.165) is 5.56 Å². The van der Waals surface area contributed by atoms with E-state index in [2.05, 4.69) is 10.2 Å². The number of hydrogen-bond acceptors (Lipinski definition) is 7. The number of aromatic nitrogens is 3. The number of ether oxygens (including phenoxy) is 1. The van der Waals surface area contributed by atoms with Crippen LogP contribution in [-0.2, 0) is 12.6 Å².